The molecule has 96 valence electrons. The summed E-state index contributed by atoms with van der Waals surface area (Å²) in [6.45, 7) is 10.2. The minimum atomic E-state index is -0.672. The number of para-hydroxylation sites is 1. The van der Waals surface area contributed by atoms with Crippen LogP contribution in [0.1, 0.15) is 41.0 Å². The monoisotopic (exact) mass is 235 g/mol. The molecule has 0 aliphatic heterocycles. The third-order valence-corrected chi connectivity index (χ3v) is 3.51. The van der Waals surface area contributed by atoms with E-state index >= 15 is 0 Å². The summed E-state index contributed by atoms with van der Waals surface area (Å²) in [6, 6.07) is 10.4. The number of hydrogen-bond donors (Lipinski definition) is 2. The summed E-state index contributed by atoms with van der Waals surface area (Å²) in [5, 5.41) is 13.9. The zero-order chi connectivity index (χ0) is 13.1. The second-order valence-electron chi connectivity index (χ2n) is 6.14. The van der Waals surface area contributed by atoms with Gasteiger partial charge in [0.05, 0.1) is 5.60 Å². The van der Waals surface area contributed by atoms with Gasteiger partial charge in [0.15, 0.2) is 0 Å². The van der Waals surface area contributed by atoms with Gasteiger partial charge in [-0.05, 0) is 37.8 Å². The number of anilines is 1. The van der Waals surface area contributed by atoms with E-state index in [-0.39, 0.29) is 11.5 Å². The number of benzene rings is 1. The van der Waals surface area contributed by atoms with Gasteiger partial charge in [-0.25, -0.2) is 0 Å². The molecule has 0 saturated carbocycles. The van der Waals surface area contributed by atoms with Crippen molar-refractivity contribution < 1.29 is 5.11 Å². The molecule has 1 aromatic carbocycles. The summed E-state index contributed by atoms with van der Waals surface area (Å²) >= 11 is 0. The second-order valence-corrected chi connectivity index (χ2v) is 6.14. The molecule has 0 unspecified atom stereocenters. The molecule has 0 radical (unpaired) electrons. The number of nitrogens with one attached hydrogen (secondary N) is 1. The average Bonchev–Trinajstić information content (AvgIpc) is 2.16. The van der Waals surface area contributed by atoms with E-state index in [0.717, 1.165) is 12.1 Å². The van der Waals surface area contributed by atoms with Gasteiger partial charge in [0.1, 0.15) is 0 Å². The molecule has 2 nitrogen and oxygen atoms in total. The van der Waals surface area contributed by atoms with Crippen molar-refractivity contribution in [1.29, 1.82) is 0 Å². The Labute approximate surface area is 105 Å². The quantitative estimate of drug-likeness (QED) is 0.834. The Balaban J connectivity index is 2.59. The molecule has 0 heterocycles. The molecule has 0 bridgehead atoms. The Morgan fingerprint density at radius 2 is 1.65 bits per heavy atom. The molecular weight excluding hydrogens is 210 g/mol. The van der Waals surface area contributed by atoms with E-state index < -0.39 is 5.60 Å². The molecule has 2 heteroatoms. The lowest BCUT2D eigenvalue weighted by Crippen LogP contribution is -2.43. The maximum Gasteiger partial charge on any atom is 0.0687 e. The zero-order valence-electron chi connectivity index (χ0n) is 11.6. The lowest BCUT2D eigenvalue weighted by molar-refractivity contribution is -0.0502. The van der Waals surface area contributed by atoms with Crippen LogP contribution in [-0.4, -0.2) is 16.7 Å². The van der Waals surface area contributed by atoms with Gasteiger partial charge in [-0.2, -0.15) is 0 Å². The maximum atomic E-state index is 10.5. The van der Waals surface area contributed by atoms with Gasteiger partial charge in [-0.15, -0.1) is 0 Å². The molecule has 0 amide bonds. The van der Waals surface area contributed by atoms with Crippen LogP contribution in [0.5, 0.6) is 0 Å². The highest BCUT2D eigenvalue weighted by atomic mass is 16.3. The van der Waals surface area contributed by atoms with Crippen LogP contribution in [0.4, 0.5) is 5.69 Å². The first kappa shape index (κ1) is 14.0. The van der Waals surface area contributed by atoms with Crippen LogP contribution in [0, 0.1) is 5.41 Å². The highest BCUT2D eigenvalue weighted by Crippen LogP contribution is 2.34. The smallest absolute Gasteiger partial charge is 0.0687 e. The first-order valence-corrected chi connectivity index (χ1v) is 6.26. The van der Waals surface area contributed by atoms with E-state index in [1.165, 1.54) is 0 Å². The molecule has 1 aromatic rings. The summed E-state index contributed by atoms with van der Waals surface area (Å²) < 4.78 is 0. The fraction of sp³-hybridized carbons (Fsp3) is 0.600. The fourth-order valence-corrected chi connectivity index (χ4v) is 1.77. The Kier molecular flexibility index (Phi) is 4.21. The number of aliphatic hydroxyl groups is 1. The van der Waals surface area contributed by atoms with Gasteiger partial charge in [-0.1, -0.05) is 39.0 Å². The zero-order valence-corrected chi connectivity index (χ0v) is 11.6. The fourth-order valence-electron chi connectivity index (χ4n) is 1.77. The van der Waals surface area contributed by atoms with Crippen LogP contribution in [0.15, 0.2) is 30.3 Å². The van der Waals surface area contributed by atoms with Crippen LogP contribution in [-0.2, 0) is 0 Å². The molecule has 2 N–H and O–H groups in total. The average molecular weight is 235 g/mol. The second kappa shape index (κ2) is 5.09. The standard InChI is InChI=1S/C15H25NO/c1-12(11-15(5,17)14(2,3)4)16-13-9-7-6-8-10-13/h6-10,12,16-17H,11H2,1-5H3/t12-,15-/m1/s1. The maximum absolute atomic E-state index is 10.5. The van der Waals surface area contributed by atoms with Gasteiger partial charge < -0.3 is 10.4 Å². The van der Waals surface area contributed by atoms with E-state index in [1.54, 1.807) is 0 Å². The van der Waals surface area contributed by atoms with E-state index in [1.807, 2.05) is 37.3 Å². The van der Waals surface area contributed by atoms with Crippen LogP contribution in [0.2, 0.25) is 0 Å². The van der Waals surface area contributed by atoms with Crippen molar-refractivity contribution in [1.82, 2.24) is 0 Å². The third kappa shape index (κ3) is 4.04. The van der Waals surface area contributed by atoms with Crippen LogP contribution in [0.3, 0.4) is 0 Å². The summed E-state index contributed by atoms with van der Waals surface area (Å²) in [4.78, 5) is 0. The molecule has 2 atom stereocenters. The van der Waals surface area contributed by atoms with Gasteiger partial charge in [0.2, 0.25) is 0 Å². The summed E-state index contributed by atoms with van der Waals surface area (Å²) in [6.07, 6.45) is 0.728. The van der Waals surface area contributed by atoms with Gasteiger partial charge in [0.25, 0.3) is 0 Å². The van der Waals surface area contributed by atoms with Crippen molar-refractivity contribution in [3.05, 3.63) is 30.3 Å². The molecule has 0 saturated heterocycles. The van der Waals surface area contributed by atoms with Crippen molar-refractivity contribution >= 4 is 5.69 Å². The molecular formula is C15H25NO. The Morgan fingerprint density at radius 3 is 2.12 bits per heavy atom. The first-order valence-electron chi connectivity index (χ1n) is 6.26. The van der Waals surface area contributed by atoms with Gasteiger partial charge >= 0.3 is 0 Å². The van der Waals surface area contributed by atoms with Crippen LogP contribution in [0.25, 0.3) is 0 Å². The minimum Gasteiger partial charge on any atom is -0.390 e. The highest BCUT2D eigenvalue weighted by molar-refractivity contribution is 5.43. The minimum absolute atomic E-state index is 0.111. The predicted molar refractivity (Wildman–Crippen MR) is 74.2 cm³/mol. The van der Waals surface area contributed by atoms with Crippen molar-refractivity contribution in [2.24, 2.45) is 5.41 Å². The van der Waals surface area contributed by atoms with Gasteiger partial charge in [0, 0.05) is 11.7 Å². The van der Waals surface area contributed by atoms with Crippen molar-refractivity contribution in [2.75, 3.05) is 5.32 Å². The predicted octanol–water partition coefficient (Wildman–Crippen LogP) is 3.67. The third-order valence-electron chi connectivity index (χ3n) is 3.51. The summed E-state index contributed by atoms with van der Waals surface area (Å²) in [5.74, 6) is 0. The highest BCUT2D eigenvalue weighted by Gasteiger charge is 2.36. The molecule has 0 aliphatic rings. The van der Waals surface area contributed by atoms with E-state index in [2.05, 4.69) is 33.0 Å². The largest absolute Gasteiger partial charge is 0.390 e. The van der Waals surface area contributed by atoms with E-state index in [4.69, 9.17) is 0 Å². The SMILES string of the molecule is C[C@H](C[C@@](C)(O)C(C)(C)C)Nc1ccccc1. The lowest BCUT2D eigenvalue weighted by atomic mass is 9.74. The Bertz CT molecular complexity index is 338. The Morgan fingerprint density at radius 1 is 1.12 bits per heavy atom. The van der Waals surface area contributed by atoms with Crippen molar-refractivity contribution in [3.63, 3.8) is 0 Å². The summed E-state index contributed by atoms with van der Waals surface area (Å²) in [7, 11) is 0. The number of hydrogen-bond acceptors (Lipinski definition) is 2. The lowest BCUT2D eigenvalue weighted by Gasteiger charge is -2.39. The normalized spacial score (nSPS) is 17.3. The first-order chi connectivity index (χ1) is 7.72. The Hall–Kier alpha value is -1.02. The molecule has 17 heavy (non-hydrogen) atoms. The molecule has 0 fully saturated rings. The number of rotatable bonds is 4. The molecule has 1 rings (SSSR count). The van der Waals surface area contributed by atoms with Gasteiger partial charge in [-0.3, -0.25) is 0 Å². The van der Waals surface area contributed by atoms with E-state index in [9.17, 15) is 5.11 Å². The molecule has 0 aliphatic carbocycles. The topological polar surface area (TPSA) is 32.3 Å². The molecule has 0 aromatic heterocycles. The van der Waals surface area contributed by atoms with Crippen molar-refractivity contribution in [3.8, 4) is 0 Å². The molecule has 0 spiro atoms. The van der Waals surface area contributed by atoms with Crippen LogP contribution < -0.4 is 5.32 Å². The van der Waals surface area contributed by atoms with Crippen LogP contribution >= 0.6 is 0 Å². The van der Waals surface area contributed by atoms with Crippen molar-refractivity contribution in [2.45, 2.75) is 52.7 Å². The van der Waals surface area contributed by atoms with E-state index in [0.29, 0.717) is 0 Å². The summed E-state index contributed by atoms with van der Waals surface area (Å²) in [5.41, 5.74) is 0.318.